The first kappa shape index (κ1) is 34.2. The normalized spacial score (nSPS) is 13.8. The zero-order chi connectivity index (χ0) is 27.2. The summed E-state index contributed by atoms with van der Waals surface area (Å²) in [6.45, 7) is 24.1. The maximum atomic E-state index is 12.0. The summed E-state index contributed by atoms with van der Waals surface area (Å²) < 4.78 is 12.3. The van der Waals surface area contributed by atoms with Crippen LogP contribution in [-0.4, -0.2) is 41.4 Å². The average Bonchev–Trinajstić information content (AvgIpc) is 2.71. The quantitative estimate of drug-likeness (QED) is 0.102. The van der Waals surface area contributed by atoms with Crippen LogP contribution >= 0.6 is 0 Å². The lowest BCUT2D eigenvalue weighted by atomic mass is 10.1. The van der Waals surface area contributed by atoms with Gasteiger partial charge in [-0.3, -0.25) is 9.59 Å². The Bertz CT molecular complexity index is 680. The molecule has 0 aliphatic carbocycles. The third kappa shape index (κ3) is 15.8. The second-order valence-electron chi connectivity index (χ2n) is 12.8. The van der Waals surface area contributed by atoms with Crippen LogP contribution < -0.4 is 0 Å². The molecule has 0 aromatic carbocycles. The first-order valence-electron chi connectivity index (χ1n) is 13.7. The average molecular weight is 525 g/mol. The Morgan fingerprint density at radius 3 is 1.31 bits per heavy atom. The highest BCUT2D eigenvalue weighted by atomic mass is 28.4. The lowest BCUT2D eigenvalue weighted by Crippen LogP contribution is -2.40. The monoisotopic (exact) mass is 524 g/mol. The molecule has 0 radical (unpaired) electrons. The molecule has 0 rings (SSSR count). The van der Waals surface area contributed by atoms with Crippen molar-refractivity contribution in [3.05, 3.63) is 24.3 Å². The molecule has 0 spiro atoms. The number of allylic oxidation sites excluding steroid dienone is 4. The Morgan fingerprint density at radius 1 is 0.600 bits per heavy atom. The van der Waals surface area contributed by atoms with E-state index in [9.17, 15) is 9.59 Å². The molecule has 6 heteroatoms. The van der Waals surface area contributed by atoms with Gasteiger partial charge in [-0.2, -0.15) is 0 Å². The molecule has 0 N–H and O–H groups in total. The van der Waals surface area contributed by atoms with Crippen molar-refractivity contribution in [2.75, 3.05) is 13.2 Å². The SMILES string of the molecule is CC(C)(C)[Si](C)(C)OCCCCCC(=O)/C=C/CC/C=C/C(=O)CCCCO[Si](C)(C)C(C)(C)C. The third-order valence-electron chi connectivity index (χ3n) is 7.53. The molecule has 4 nitrogen and oxygen atoms in total. The zero-order valence-corrected chi connectivity index (χ0v) is 26.7. The van der Waals surface area contributed by atoms with Gasteiger partial charge in [0.2, 0.25) is 0 Å². The zero-order valence-electron chi connectivity index (χ0n) is 24.7. The smallest absolute Gasteiger partial charge is 0.191 e. The highest BCUT2D eigenvalue weighted by molar-refractivity contribution is 6.74. The predicted octanol–water partition coefficient (Wildman–Crippen LogP) is 8.79. The number of unbranched alkanes of at least 4 members (excludes halogenated alkanes) is 4. The van der Waals surface area contributed by atoms with Crippen LogP contribution in [0.15, 0.2) is 24.3 Å². The predicted molar refractivity (Wildman–Crippen MR) is 156 cm³/mol. The summed E-state index contributed by atoms with van der Waals surface area (Å²) in [6.07, 6.45) is 14.8. The largest absolute Gasteiger partial charge is 0.417 e. The van der Waals surface area contributed by atoms with Crippen LogP contribution in [0.2, 0.25) is 36.3 Å². The first-order chi connectivity index (χ1) is 16.0. The molecule has 0 aromatic rings. The summed E-state index contributed by atoms with van der Waals surface area (Å²) in [7, 11) is -3.34. The molecule has 35 heavy (non-hydrogen) atoms. The number of hydrogen-bond acceptors (Lipinski definition) is 4. The van der Waals surface area contributed by atoms with Gasteiger partial charge in [-0.15, -0.1) is 0 Å². The molecular weight excluding hydrogens is 468 g/mol. The molecule has 0 bridgehead atoms. The molecule has 204 valence electrons. The summed E-state index contributed by atoms with van der Waals surface area (Å²) in [5.74, 6) is 0.366. The van der Waals surface area contributed by atoms with E-state index >= 15 is 0 Å². The molecular formula is C29H56O4Si2. The Kier molecular flexibility index (Phi) is 15.7. The second kappa shape index (κ2) is 16.1. The number of rotatable bonds is 18. The van der Waals surface area contributed by atoms with E-state index in [-0.39, 0.29) is 21.6 Å². The van der Waals surface area contributed by atoms with E-state index < -0.39 is 16.6 Å². The fourth-order valence-electron chi connectivity index (χ4n) is 2.86. The summed E-state index contributed by atoms with van der Waals surface area (Å²) >= 11 is 0. The minimum Gasteiger partial charge on any atom is -0.417 e. The van der Waals surface area contributed by atoms with Crippen LogP contribution in [-0.2, 0) is 18.4 Å². The fraction of sp³-hybridized carbons (Fsp3) is 0.793. The van der Waals surface area contributed by atoms with Gasteiger partial charge in [0.1, 0.15) is 0 Å². The van der Waals surface area contributed by atoms with Crippen molar-refractivity contribution in [2.24, 2.45) is 0 Å². The van der Waals surface area contributed by atoms with Gasteiger partial charge in [-0.25, -0.2) is 0 Å². The minimum atomic E-state index is -1.68. The molecule has 0 aliphatic heterocycles. The Hall–Kier alpha value is -0.826. The first-order valence-corrected chi connectivity index (χ1v) is 19.5. The van der Waals surface area contributed by atoms with Crippen LogP contribution in [0.1, 0.15) is 99.3 Å². The van der Waals surface area contributed by atoms with Crippen LogP contribution in [0.5, 0.6) is 0 Å². The third-order valence-corrected chi connectivity index (χ3v) is 16.6. The van der Waals surface area contributed by atoms with Gasteiger partial charge < -0.3 is 8.85 Å². The summed E-state index contributed by atoms with van der Waals surface area (Å²) in [5, 5.41) is 0.473. The lowest BCUT2D eigenvalue weighted by Gasteiger charge is -2.36. The molecule has 0 aliphatic rings. The topological polar surface area (TPSA) is 52.6 Å². The molecule has 0 amide bonds. The minimum absolute atomic E-state index is 0.176. The van der Waals surface area contributed by atoms with Crippen molar-refractivity contribution in [1.29, 1.82) is 0 Å². The van der Waals surface area contributed by atoms with E-state index in [0.29, 0.717) is 12.8 Å². The molecule has 0 heterocycles. The molecule has 0 aromatic heterocycles. The maximum absolute atomic E-state index is 12.0. The Labute approximate surface area is 219 Å². The summed E-state index contributed by atoms with van der Waals surface area (Å²) in [5.41, 5.74) is 0. The van der Waals surface area contributed by atoms with Crippen LogP contribution in [0, 0.1) is 0 Å². The second-order valence-corrected chi connectivity index (χ2v) is 22.4. The molecule has 0 saturated heterocycles. The number of hydrogen-bond donors (Lipinski definition) is 0. The van der Waals surface area contributed by atoms with Crippen molar-refractivity contribution in [3.63, 3.8) is 0 Å². The Morgan fingerprint density at radius 2 is 0.943 bits per heavy atom. The highest BCUT2D eigenvalue weighted by Gasteiger charge is 2.37. The van der Waals surface area contributed by atoms with E-state index in [1.807, 2.05) is 12.2 Å². The van der Waals surface area contributed by atoms with Gasteiger partial charge >= 0.3 is 0 Å². The van der Waals surface area contributed by atoms with E-state index in [4.69, 9.17) is 8.85 Å². The number of carbonyl (C=O) groups excluding carboxylic acids is 2. The van der Waals surface area contributed by atoms with Gasteiger partial charge in [-0.05, 0) is 86.9 Å². The Balaban J connectivity index is 3.83. The molecule has 0 unspecified atom stereocenters. The van der Waals surface area contributed by atoms with Gasteiger partial charge in [-0.1, -0.05) is 60.1 Å². The summed E-state index contributed by atoms with van der Waals surface area (Å²) in [6, 6.07) is 0. The van der Waals surface area contributed by atoms with Gasteiger partial charge in [0, 0.05) is 26.1 Å². The van der Waals surface area contributed by atoms with Crippen LogP contribution in [0.3, 0.4) is 0 Å². The van der Waals surface area contributed by atoms with Gasteiger partial charge in [0.15, 0.2) is 28.2 Å². The number of ketones is 2. The van der Waals surface area contributed by atoms with Crippen molar-refractivity contribution in [2.45, 2.75) is 136 Å². The van der Waals surface area contributed by atoms with Crippen molar-refractivity contribution in [3.8, 4) is 0 Å². The van der Waals surface area contributed by atoms with E-state index in [1.165, 1.54) is 0 Å². The molecule has 0 atom stereocenters. The standard InChI is InChI=1S/C29H56O4Si2/c1-28(2,3)34(7,8)32-24-18-13-16-22-26(30)20-14-11-12-15-21-27(31)23-17-19-25-33-35(9,10)29(4,5)6/h14-15,20-21H,11-13,16-19,22-25H2,1-10H3/b20-14+,21-15+. The van der Waals surface area contributed by atoms with Crippen LogP contribution in [0.4, 0.5) is 0 Å². The van der Waals surface area contributed by atoms with Crippen LogP contribution in [0.25, 0.3) is 0 Å². The van der Waals surface area contributed by atoms with E-state index in [2.05, 4.69) is 67.7 Å². The molecule has 0 fully saturated rings. The fourth-order valence-corrected chi connectivity index (χ4v) is 5.03. The maximum Gasteiger partial charge on any atom is 0.191 e. The van der Waals surface area contributed by atoms with Crippen molar-refractivity contribution < 1.29 is 18.4 Å². The summed E-state index contributed by atoms with van der Waals surface area (Å²) in [4.78, 5) is 24.0. The van der Waals surface area contributed by atoms with E-state index in [1.54, 1.807) is 12.2 Å². The van der Waals surface area contributed by atoms with E-state index in [0.717, 1.165) is 58.2 Å². The van der Waals surface area contributed by atoms with Crippen molar-refractivity contribution >= 4 is 28.2 Å². The van der Waals surface area contributed by atoms with Crippen molar-refractivity contribution in [1.82, 2.24) is 0 Å². The van der Waals surface area contributed by atoms with Gasteiger partial charge in [0.05, 0.1) is 0 Å². The number of carbonyl (C=O) groups is 2. The van der Waals surface area contributed by atoms with Gasteiger partial charge in [0.25, 0.3) is 0 Å². The lowest BCUT2D eigenvalue weighted by molar-refractivity contribution is -0.115. The highest BCUT2D eigenvalue weighted by Crippen LogP contribution is 2.37. The molecule has 0 saturated carbocycles.